The normalized spacial score (nSPS) is 10.7. The second kappa shape index (κ2) is 6.25. The molecule has 0 atom stereocenters. The molecule has 2 heterocycles. The highest BCUT2D eigenvalue weighted by atomic mass is 16.1. The van der Waals surface area contributed by atoms with Crippen LogP contribution in [-0.2, 0) is 6.54 Å². The maximum Gasteiger partial charge on any atom is 0.272 e. The van der Waals surface area contributed by atoms with Crippen molar-refractivity contribution in [2.24, 2.45) is 0 Å². The van der Waals surface area contributed by atoms with E-state index in [-0.39, 0.29) is 29.8 Å². The van der Waals surface area contributed by atoms with Gasteiger partial charge in [0, 0.05) is 12.1 Å². The van der Waals surface area contributed by atoms with E-state index in [4.69, 9.17) is 5.73 Å². The van der Waals surface area contributed by atoms with Crippen LogP contribution in [-0.4, -0.2) is 25.8 Å². The molecule has 2 aromatic heterocycles. The predicted octanol–water partition coefficient (Wildman–Crippen LogP) is 1.21. The maximum atomic E-state index is 12.2. The van der Waals surface area contributed by atoms with E-state index < -0.39 is 0 Å². The summed E-state index contributed by atoms with van der Waals surface area (Å²) in [7, 11) is 0. The zero-order valence-corrected chi connectivity index (χ0v) is 12.3. The quantitative estimate of drug-likeness (QED) is 0.875. The lowest BCUT2D eigenvalue weighted by Gasteiger charge is -2.09. The van der Waals surface area contributed by atoms with Gasteiger partial charge in [-0.15, -0.1) is 0 Å². The fraction of sp³-hybridized carbons (Fsp3) is 0.357. The number of aryl methyl sites for hydroxylation is 1. The van der Waals surface area contributed by atoms with Gasteiger partial charge in [0.05, 0.1) is 36.0 Å². The van der Waals surface area contributed by atoms with E-state index in [1.165, 1.54) is 6.20 Å². The van der Waals surface area contributed by atoms with Crippen LogP contribution in [0.3, 0.4) is 0 Å². The summed E-state index contributed by atoms with van der Waals surface area (Å²) in [6.07, 6.45) is 4.73. The van der Waals surface area contributed by atoms with Crippen LogP contribution in [0.1, 0.15) is 47.5 Å². The third-order valence-corrected chi connectivity index (χ3v) is 2.83. The maximum absolute atomic E-state index is 12.2. The van der Waals surface area contributed by atoms with E-state index >= 15 is 0 Å². The standard InChI is InChI=1S/C14H18N6O/c1-8(2)13-18-7-11(15)12(20-13)14(21)19-6-10-5-16-9(3)4-17-10/h4-5,7-8H,6,15H2,1-3H3,(H,19,21). The van der Waals surface area contributed by atoms with E-state index in [2.05, 4.69) is 25.3 Å². The number of hydrogen-bond donors (Lipinski definition) is 2. The summed E-state index contributed by atoms with van der Waals surface area (Å²) in [4.78, 5) is 28.8. The first-order valence-corrected chi connectivity index (χ1v) is 6.65. The van der Waals surface area contributed by atoms with Crippen molar-refractivity contribution in [2.75, 3.05) is 5.73 Å². The van der Waals surface area contributed by atoms with Crippen molar-refractivity contribution in [3.05, 3.63) is 41.5 Å². The smallest absolute Gasteiger partial charge is 0.272 e. The van der Waals surface area contributed by atoms with Crippen molar-refractivity contribution in [2.45, 2.75) is 33.2 Å². The summed E-state index contributed by atoms with van der Waals surface area (Å²) in [5, 5.41) is 2.73. The molecule has 0 radical (unpaired) electrons. The molecular formula is C14H18N6O. The number of nitrogens with one attached hydrogen (secondary N) is 1. The highest BCUT2D eigenvalue weighted by Crippen LogP contribution is 2.13. The first-order valence-electron chi connectivity index (χ1n) is 6.65. The molecule has 0 aliphatic heterocycles. The second-order valence-electron chi connectivity index (χ2n) is 5.02. The molecule has 0 unspecified atom stereocenters. The number of carbonyl (C=O) groups is 1. The van der Waals surface area contributed by atoms with Crippen molar-refractivity contribution in [1.29, 1.82) is 0 Å². The number of carbonyl (C=O) groups excluding carboxylic acids is 1. The van der Waals surface area contributed by atoms with Crippen LogP contribution in [0.25, 0.3) is 0 Å². The Hall–Kier alpha value is -2.57. The lowest BCUT2D eigenvalue weighted by atomic mass is 10.2. The van der Waals surface area contributed by atoms with E-state index in [1.54, 1.807) is 12.4 Å². The molecular weight excluding hydrogens is 268 g/mol. The zero-order valence-electron chi connectivity index (χ0n) is 12.3. The first-order chi connectivity index (χ1) is 9.97. The SMILES string of the molecule is Cc1cnc(CNC(=O)c2nc(C(C)C)ncc2N)cn1. The number of rotatable bonds is 4. The Morgan fingerprint density at radius 1 is 1.24 bits per heavy atom. The van der Waals surface area contributed by atoms with Gasteiger partial charge in [0.25, 0.3) is 5.91 Å². The molecule has 1 amide bonds. The fourth-order valence-corrected chi connectivity index (χ4v) is 1.63. The van der Waals surface area contributed by atoms with Crippen LogP contribution in [0.2, 0.25) is 0 Å². The second-order valence-corrected chi connectivity index (χ2v) is 5.02. The number of amides is 1. The van der Waals surface area contributed by atoms with Crippen LogP contribution in [0, 0.1) is 6.92 Å². The molecule has 3 N–H and O–H groups in total. The number of nitrogens with two attached hydrogens (primary N) is 1. The summed E-state index contributed by atoms with van der Waals surface area (Å²) in [6, 6.07) is 0. The molecule has 7 heteroatoms. The highest BCUT2D eigenvalue weighted by molar-refractivity contribution is 5.96. The van der Waals surface area contributed by atoms with E-state index in [9.17, 15) is 4.79 Å². The molecule has 0 aliphatic rings. The van der Waals surface area contributed by atoms with Crippen molar-refractivity contribution in [3.8, 4) is 0 Å². The Balaban J connectivity index is 2.09. The zero-order chi connectivity index (χ0) is 15.4. The van der Waals surface area contributed by atoms with Crippen LogP contribution < -0.4 is 11.1 Å². The molecule has 110 valence electrons. The van der Waals surface area contributed by atoms with Gasteiger partial charge in [-0.2, -0.15) is 0 Å². The van der Waals surface area contributed by atoms with Gasteiger partial charge in [-0.25, -0.2) is 9.97 Å². The molecule has 21 heavy (non-hydrogen) atoms. The number of nitrogens with zero attached hydrogens (tertiary/aromatic N) is 4. The van der Waals surface area contributed by atoms with Crippen molar-refractivity contribution in [1.82, 2.24) is 25.3 Å². The largest absolute Gasteiger partial charge is 0.396 e. The van der Waals surface area contributed by atoms with Crippen molar-refractivity contribution in [3.63, 3.8) is 0 Å². The van der Waals surface area contributed by atoms with Crippen LogP contribution >= 0.6 is 0 Å². The monoisotopic (exact) mass is 286 g/mol. The number of nitrogen functional groups attached to an aromatic ring is 1. The molecule has 0 fully saturated rings. The molecule has 2 aromatic rings. The van der Waals surface area contributed by atoms with Gasteiger partial charge in [-0.3, -0.25) is 14.8 Å². The van der Waals surface area contributed by atoms with Crippen LogP contribution in [0.4, 0.5) is 5.69 Å². The Morgan fingerprint density at radius 2 is 2.00 bits per heavy atom. The minimum Gasteiger partial charge on any atom is -0.396 e. The Labute approximate surface area is 123 Å². The van der Waals surface area contributed by atoms with Crippen molar-refractivity contribution < 1.29 is 4.79 Å². The van der Waals surface area contributed by atoms with E-state index in [0.29, 0.717) is 11.5 Å². The van der Waals surface area contributed by atoms with Gasteiger partial charge < -0.3 is 11.1 Å². The lowest BCUT2D eigenvalue weighted by molar-refractivity contribution is 0.0946. The third-order valence-electron chi connectivity index (χ3n) is 2.83. The molecule has 0 aromatic carbocycles. The summed E-state index contributed by atoms with van der Waals surface area (Å²) in [5.74, 6) is 0.365. The average Bonchev–Trinajstić information content (AvgIpc) is 2.46. The average molecular weight is 286 g/mol. The molecule has 0 bridgehead atoms. The molecule has 0 aliphatic carbocycles. The highest BCUT2D eigenvalue weighted by Gasteiger charge is 2.14. The Kier molecular flexibility index (Phi) is 4.42. The van der Waals surface area contributed by atoms with E-state index in [0.717, 1.165) is 5.69 Å². The molecule has 2 rings (SSSR count). The van der Waals surface area contributed by atoms with Gasteiger partial charge >= 0.3 is 0 Å². The summed E-state index contributed by atoms with van der Waals surface area (Å²) < 4.78 is 0. The van der Waals surface area contributed by atoms with E-state index in [1.807, 2.05) is 20.8 Å². The van der Waals surface area contributed by atoms with Crippen LogP contribution in [0.5, 0.6) is 0 Å². The topological polar surface area (TPSA) is 107 Å². The number of anilines is 1. The summed E-state index contributed by atoms with van der Waals surface area (Å²) in [6.45, 7) is 6.03. The molecule has 7 nitrogen and oxygen atoms in total. The summed E-state index contributed by atoms with van der Waals surface area (Å²) in [5.41, 5.74) is 7.71. The molecule has 0 saturated heterocycles. The molecule has 0 saturated carbocycles. The van der Waals surface area contributed by atoms with Gasteiger partial charge in [0.1, 0.15) is 5.82 Å². The van der Waals surface area contributed by atoms with Gasteiger partial charge in [0.15, 0.2) is 5.69 Å². The minimum absolute atomic E-state index is 0.125. The van der Waals surface area contributed by atoms with Gasteiger partial charge in [-0.05, 0) is 6.92 Å². The molecule has 0 spiro atoms. The Morgan fingerprint density at radius 3 is 2.62 bits per heavy atom. The lowest BCUT2D eigenvalue weighted by Crippen LogP contribution is -2.26. The van der Waals surface area contributed by atoms with Crippen molar-refractivity contribution >= 4 is 11.6 Å². The Bertz CT molecular complexity index is 638. The fourth-order valence-electron chi connectivity index (χ4n) is 1.63. The first kappa shape index (κ1) is 14.8. The van der Waals surface area contributed by atoms with Gasteiger partial charge in [-0.1, -0.05) is 13.8 Å². The minimum atomic E-state index is -0.348. The number of aromatic nitrogens is 4. The number of hydrogen-bond acceptors (Lipinski definition) is 6. The van der Waals surface area contributed by atoms with Gasteiger partial charge in [0.2, 0.25) is 0 Å². The summed E-state index contributed by atoms with van der Waals surface area (Å²) >= 11 is 0. The third kappa shape index (κ3) is 3.71. The van der Waals surface area contributed by atoms with Crippen LogP contribution in [0.15, 0.2) is 18.6 Å². The predicted molar refractivity (Wildman–Crippen MR) is 78.5 cm³/mol.